The Kier molecular flexibility index (Phi) is 9.19. The lowest BCUT2D eigenvalue weighted by molar-refractivity contribution is -0.384. The van der Waals surface area contributed by atoms with E-state index < -0.39 is 22.7 Å². The highest BCUT2D eigenvalue weighted by Gasteiger charge is 2.46. The molecule has 0 radical (unpaired) electrons. The van der Waals surface area contributed by atoms with E-state index in [0.29, 0.717) is 30.0 Å². The minimum absolute atomic E-state index is 0.0836. The molecule has 192 valence electrons. The van der Waals surface area contributed by atoms with E-state index in [4.69, 9.17) is 4.74 Å². The Morgan fingerprint density at radius 1 is 1.11 bits per heavy atom. The number of carbonyl (C=O) groups is 2. The number of non-ortho nitro benzene ring substituents is 1. The summed E-state index contributed by atoms with van der Waals surface area (Å²) in [5.41, 5.74) is 0.508. The van der Waals surface area contributed by atoms with Crippen LogP contribution in [0.5, 0.6) is 5.75 Å². The van der Waals surface area contributed by atoms with Gasteiger partial charge < -0.3 is 19.6 Å². The molecule has 3 rings (SSSR count). The largest absolute Gasteiger partial charge is 0.507 e. The van der Waals surface area contributed by atoms with Gasteiger partial charge in [-0.3, -0.25) is 19.7 Å². The number of unbranched alkanes of at least 4 members (excludes halogenated alkanes) is 1. The highest BCUT2D eigenvalue weighted by Crippen LogP contribution is 2.40. The molecule has 1 saturated heterocycles. The molecule has 1 aliphatic rings. The fraction of sp³-hybridized carbons (Fsp3) is 0.407. The van der Waals surface area contributed by atoms with E-state index in [1.807, 2.05) is 13.8 Å². The molecule has 1 amide bonds. The lowest BCUT2D eigenvalue weighted by atomic mass is 9.95. The van der Waals surface area contributed by atoms with E-state index in [1.54, 1.807) is 30.3 Å². The van der Waals surface area contributed by atoms with E-state index in [-0.39, 0.29) is 23.6 Å². The lowest BCUT2D eigenvalue weighted by Crippen LogP contribution is -2.38. The number of likely N-dealkylation sites (tertiary alicyclic amines) is 1. The smallest absolute Gasteiger partial charge is 0.295 e. The van der Waals surface area contributed by atoms with Crippen LogP contribution in [-0.2, 0) is 9.59 Å². The number of likely N-dealkylation sites (N-methyl/N-ethyl adjacent to an activating group) is 1. The van der Waals surface area contributed by atoms with Crippen molar-refractivity contribution in [2.75, 3.05) is 32.8 Å². The zero-order valence-corrected chi connectivity index (χ0v) is 21.0. The predicted molar refractivity (Wildman–Crippen MR) is 137 cm³/mol. The highest BCUT2D eigenvalue weighted by atomic mass is 16.6. The third-order valence-corrected chi connectivity index (χ3v) is 6.38. The van der Waals surface area contributed by atoms with Gasteiger partial charge in [-0.1, -0.05) is 39.3 Å². The number of hydrogen-bond donors (Lipinski definition) is 1. The topological polar surface area (TPSA) is 113 Å². The maximum absolute atomic E-state index is 13.2. The van der Waals surface area contributed by atoms with E-state index in [2.05, 4.69) is 11.8 Å². The summed E-state index contributed by atoms with van der Waals surface area (Å²) in [6.45, 7) is 8.96. The number of aliphatic hydroxyl groups is 1. The van der Waals surface area contributed by atoms with Crippen LogP contribution < -0.4 is 4.74 Å². The molecule has 36 heavy (non-hydrogen) atoms. The fourth-order valence-electron chi connectivity index (χ4n) is 4.25. The molecule has 0 saturated carbocycles. The second kappa shape index (κ2) is 12.3. The number of ketones is 1. The molecule has 1 unspecified atom stereocenters. The maximum Gasteiger partial charge on any atom is 0.295 e. The SMILES string of the molecule is CCCCOc1ccc(/C(O)=C2\C(=O)C(=O)N(CCN(CC)CC)C2c2cccc([N+](=O)[O-])c2)cc1. The van der Waals surface area contributed by atoms with Crippen LogP contribution in [0.4, 0.5) is 5.69 Å². The van der Waals surface area contributed by atoms with Crippen molar-refractivity contribution in [3.63, 3.8) is 0 Å². The van der Waals surface area contributed by atoms with Gasteiger partial charge in [0.15, 0.2) is 0 Å². The van der Waals surface area contributed by atoms with Crippen molar-refractivity contribution in [1.29, 1.82) is 0 Å². The summed E-state index contributed by atoms with van der Waals surface area (Å²) in [5.74, 6) is -1.24. The molecule has 1 fully saturated rings. The molecule has 1 heterocycles. The summed E-state index contributed by atoms with van der Waals surface area (Å²) < 4.78 is 5.67. The van der Waals surface area contributed by atoms with E-state index in [1.165, 1.54) is 23.1 Å². The van der Waals surface area contributed by atoms with E-state index >= 15 is 0 Å². The first kappa shape index (κ1) is 26.9. The Morgan fingerprint density at radius 2 is 1.81 bits per heavy atom. The molecule has 1 aliphatic heterocycles. The van der Waals surface area contributed by atoms with E-state index in [0.717, 1.165) is 25.9 Å². The van der Waals surface area contributed by atoms with Gasteiger partial charge in [0.2, 0.25) is 0 Å². The monoisotopic (exact) mass is 495 g/mol. The number of nitro benzene ring substituents is 1. The zero-order valence-electron chi connectivity index (χ0n) is 21.0. The van der Waals surface area contributed by atoms with Gasteiger partial charge in [-0.15, -0.1) is 0 Å². The molecule has 0 bridgehead atoms. The maximum atomic E-state index is 13.2. The minimum Gasteiger partial charge on any atom is -0.507 e. The molecule has 0 aliphatic carbocycles. The van der Waals surface area contributed by atoms with Crippen molar-refractivity contribution in [2.24, 2.45) is 0 Å². The van der Waals surface area contributed by atoms with Crippen LogP contribution in [0, 0.1) is 10.1 Å². The quantitative estimate of drug-likeness (QED) is 0.115. The Hall–Kier alpha value is -3.72. The number of carbonyl (C=O) groups excluding carboxylic acids is 2. The summed E-state index contributed by atoms with van der Waals surface area (Å²) >= 11 is 0. The summed E-state index contributed by atoms with van der Waals surface area (Å²) in [4.78, 5) is 40.7. The number of Topliss-reactive ketones (excluding diaryl/α,β-unsaturated/α-hetero) is 1. The standard InChI is InChI=1S/C27H33N3O6/c1-4-7-17-36-22-13-11-19(12-14-22)25(31)23-24(20-9-8-10-21(18-20)30(34)35)29(27(33)26(23)32)16-15-28(5-2)6-3/h8-14,18,24,31H,4-7,15-17H2,1-3H3/b25-23+. The lowest BCUT2D eigenvalue weighted by Gasteiger charge is -2.28. The first-order chi connectivity index (χ1) is 17.3. The summed E-state index contributed by atoms with van der Waals surface area (Å²) in [7, 11) is 0. The molecule has 1 N–H and O–H groups in total. The number of ether oxygens (including phenoxy) is 1. The molecule has 0 spiro atoms. The Bertz CT molecular complexity index is 1120. The summed E-state index contributed by atoms with van der Waals surface area (Å²) in [5, 5.41) is 22.6. The van der Waals surface area contributed by atoms with Gasteiger partial charge in [-0.25, -0.2) is 0 Å². The fourth-order valence-corrected chi connectivity index (χ4v) is 4.25. The van der Waals surface area contributed by atoms with Gasteiger partial charge in [0.1, 0.15) is 11.5 Å². The minimum atomic E-state index is -0.944. The second-order valence-electron chi connectivity index (χ2n) is 8.60. The number of hydrogen-bond acceptors (Lipinski definition) is 7. The van der Waals surface area contributed by atoms with Gasteiger partial charge in [0.05, 0.1) is 23.1 Å². The Balaban J connectivity index is 2.04. The van der Waals surface area contributed by atoms with Crippen molar-refractivity contribution in [3.8, 4) is 5.75 Å². The summed E-state index contributed by atoms with van der Waals surface area (Å²) in [6, 6.07) is 11.6. The first-order valence-corrected chi connectivity index (χ1v) is 12.3. The predicted octanol–water partition coefficient (Wildman–Crippen LogP) is 4.54. The second-order valence-corrected chi connectivity index (χ2v) is 8.60. The van der Waals surface area contributed by atoms with Crippen LogP contribution in [0.2, 0.25) is 0 Å². The van der Waals surface area contributed by atoms with Crippen molar-refractivity contribution in [1.82, 2.24) is 9.80 Å². The number of rotatable bonds is 12. The van der Waals surface area contributed by atoms with Crippen molar-refractivity contribution < 1.29 is 24.4 Å². The number of nitro groups is 1. The van der Waals surface area contributed by atoms with Gasteiger partial charge in [-0.05, 0) is 49.3 Å². The number of amides is 1. The van der Waals surface area contributed by atoms with Gasteiger partial charge in [0.25, 0.3) is 17.4 Å². The molecule has 9 nitrogen and oxygen atoms in total. The van der Waals surface area contributed by atoms with Crippen LogP contribution in [0.1, 0.15) is 50.8 Å². The molecule has 1 atom stereocenters. The first-order valence-electron chi connectivity index (χ1n) is 12.3. The molecule has 9 heteroatoms. The molecule has 2 aromatic rings. The zero-order chi connectivity index (χ0) is 26.2. The van der Waals surface area contributed by atoms with Crippen LogP contribution in [-0.4, -0.2) is 64.3 Å². The Morgan fingerprint density at radius 3 is 2.42 bits per heavy atom. The third-order valence-electron chi connectivity index (χ3n) is 6.38. The number of aliphatic hydroxyl groups excluding tert-OH is 1. The molecular weight excluding hydrogens is 462 g/mol. The van der Waals surface area contributed by atoms with Crippen molar-refractivity contribution in [2.45, 2.75) is 39.7 Å². The average molecular weight is 496 g/mol. The molecule has 0 aromatic heterocycles. The van der Waals surface area contributed by atoms with Crippen LogP contribution >= 0.6 is 0 Å². The average Bonchev–Trinajstić information content (AvgIpc) is 3.14. The van der Waals surface area contributed by atoms with Gasteiger partial charge in [0, 0.05) is 30.8 Å². The van der Waals surface area contributed by atoms with Crippen LogP contribution in [0.15, 0.2) is 54.1 Å². The molecule has 2 aromatic carbocycles. The van der Waals surface area contributed by atoms with Gasteiger partial charge >= 0.3 is 0 Å². The van der Waals surface area contributed by atoms with Crippen molar-refractivity contribution in [3.05, 3.63) is 75.3 Å². The third kappa shape index (κ3) is 5.91. The summed E-state index contributed by atoms with van der Waals surface area (Å²) in [6.07, 6.45) is 1.92. The number of benzene rings is 2. The van der Waals surface area contributed by atoms with Gasteiger partial charge in [-0.2, -0.15) is 0 Å². The highest BCUT2D eigenvalue weighted by molar-refractivity contribution is 6.46. The van der Waals surface area contributed by atoms with E-state index in [9.17, 15) is 24.8 Å². The Labute approximate surface area is 211 Å². The van der Waals surface area contributed by atoms with Crippen LogP contribution in [0.25, 0.3) is 5.76 Å². The number of nitrogens with zero attached hydrogens (tertiary/aromatic N) is 3. The van der Waals surface area contributed by atoms with Crippen LogP contribution in [0.3, 0.4) is 0 Å². The molecular formula is C27H33N3O6. The normalized spacial score (nSPS) is 17.1. The van der Waals surface area contributed by atoms with Crippen molar-refractivity contribution >= 4 is 23.1 Å².